The van der Waals surface area contributed by atoms with Crippen LogP contribution in [0.2, 0.25) is 0 Å². The van der Waals surface area contributed by atoms with Crippen LogP contribution in [0.15, 0.2) is 42.6 Å². The molecule has 14 heteroatoms. The third kappa shape index (κ3) is 5.98. The van der Waals surface area contributed by atoms with Gasteiger partial charge in [0.1, 0.15) is 5.82 Å². The van der Waals surface area contributed by atoms with Crippen LogP contribution in [0.5, 0.6) is 0 Å². The van der Waals surface area contributed by atoms with Gasteiger partial charge in [0.05, 0.1) is 22.8 Å². The topological polar surface area (TPSA) is 171 Å². The van der Waals surface area contributed by atoms with Crippen molar-refractivity contribution in [2.45, 2.75) is 105 Å². The molecule has 0 radical (unpaired) electrons. The molecular formula is C45H53N9O4S. The summed E-state index contributed by atoms with van der Waals surface area (Å²) in [5.41, 5.74) is 6.83. The van der Waals surface area contributed by atoms with Crippen LogP contribution in [-0.2, 0) is 17.8 Å². The lowest BCUT2D eigenvalue weighted by Gasteiger charge is -2.66. The summed E-state index contributed by atoms with van der Waals surface area (Å²) in [6, 6.07) is 11.8. The molecule has 5 atom stereocenters. The quantitative estimate of drug-likeness (QED) is 0.0788. The maximum atomic E-state index is 12.9. The van der Waals surface area contributed by atoms with E-state index in [0.29, 0.717) is 57.8 Å². The highest BCUT2D eigenvalue weighted by atomic mass is 32.1. The Morgan fingerprint density at radius 3 is 2.59 bits per heavy atom. The van der Waals surface area contributed by atoms with Crippen molar-refractivity contribution in [2.75, 3.05) is 29.9 Å². The van der Waals surface area contributed by atoms with Gasteiger partial charge in [-0.1, -0.05) is 37.3 Å². The molecule has 3 bridgehead atoms. The fraction of sp³-hybridized carbons (Fsp3) is 0.533. The van der Waals surface area contributed by atoms with E-state index in [4.69, 9.17) is 20.2 Å². The van der Waals surface area contributed by atoms with Crippen LogP contribution < -0.4 is 15.5 Å². The van der Waals surface area contributed by atoms with Crippen molar-refractivity contribution in [3.8, 4) is 11.1 Å². The average Bonchev–Trinajstić information content (AvgIpc) is 3.85. The van der Waals surface area contributed by atoms with E-state index in [1.165, 1.54) is 44.9 Å². The van der Waals surface area contributed by atoms with Crippen molar-refractivity contribution in [3.05, 3.63) is 65.1 Å². The number of pyridine rings is 1. The number of para-hydroxylation sites is 1. The summed E-state index contributed by atoms with van der Waals surface area (Å²) in [6.07, 6.45) is 13.5. The molecular weight excluding hydrogens is 763 g/mol. The van der Waals surface area contributed by atoms with Gasteiger partial charge in [0.15, 0.2) is 22.5 Å². The van der Waals surface area contributed by atoms with Crippen molar-refractivity contribution in [3.63, 3.8) is 0 Å². The van der Waals surface area contributed by atoms with Gasteiger partial charge in [-0.15, -0.1) is 10.2 Å². The molecule has 10 rings (SSSR count). The Kier molecular flexibility index (Phi) is 8.78. The Bertz CT molecular complexity index is 2500. The van der Waals surface area contributed by atoms with Crippen molar-refractivity contribution < 1.29 is 19.8 Å². The van der Waals surface area contributed by atoms with E-state index in [2.05, 4.69) is 52.4 Å². The fourth-order valence-corrected chi connectivity index (χ4v) is 14.7. The number of benzene rings is 1. The molecule has 0 saturated heterocycles. The molecule has 0 amide bonds. The van der Waals surface area contributed by atoms with E-state index in [-0.39, 0.29) is 17.5 Å². The molecule has 4 saturated carbocycles. The molecule has 4 aromatic heterocycles. The summed E-state index contributed by atoms with van der Waals surface area (Å²) in [7, 11) is 0. The van der Waals surface area contributed by atoms with Crippen LogP contribution >= 0.6 is 11.3 Å². The standard InChI is InChI=1S/C45H53N9O4S/c1-27-29-9-7-18-53(38(29)52-51-37(27)50-40-48-32-10-5-6-11-33(32)59-40)34-13-12-30(36(49-34)39(57)58)31-19-47-54(28(31)2)26-43-20-41(3)21-44(15-8-16-46-17-14-35(55)56)24-42(4,23-43)45(44,22-41)25-43/h5-6,10-13,19,46H,7-9,14-18,20-26H2,1-4H3,(H,55,56)(H,57,58)(H,48,50,51). The number of aliphatic carboxylic acids is 1. The minimum Gasteiger partial charge on any atom is -0.481 e. The number of aromatic carboxylic acids is 1. The van der Waals surface area contributed by atoms with Gasteiger partial charge in [-0.25, -0.2) is 14.8 Å². The number of aromatic nitrogens is 6. The van der Waals surface area contributed by atoms with E-state index in [9.17, 15) is 14.7 Å². The summed E-state index contributed by atoms with van der Waals surface area (Å²) in [6.45, 7) is 12.1. The number of nitrogens with one attached hydrogen (secondary N) is 2. The SMILES string of the molecule is Cc1c(Nc2nc3ccccc3s2)nnc2c1CCCN2c1ccc(-c2cnn(CC34CC5(C)CC6(CCCNCCC(=O)O)CC(C)(C3)C6(C5)C4)c2C)c(C(=O)O)n1. The fourth-order valence-electron chi connectivity index (χ4n) is 13.8. The van der Waals surface area contributed by atoms with Crippen molar-refractivity contribution in [1.29, 1.82) is 0 Å². The average molecular weight is 816 g/mol. The van der Waals surface area contributed by atoms with Crippen LogP contribution in [0, 0.1) is 40.9 Å². The molecule has 4 N–H and O–H groups in total. The van der Waals surface area contributed by atoms with Gasteiger partial charge >= 0.3 is 11.9 Å². The molecule has 5 heterocycles. The van der Waals surface area contributed by atoms with E-state index in [1.54, 1.807) is 11.3 Å². The maximum absolute atomic E-state index is 12.9. The second-order valence-electron chi connectivity index (χ2n) is 19.3. The Morgan fingerprint density at radius 1 is 0.932 bits per heavy atom. The first-order valence-electron chi connectivity index (χ1n) is 21.2. The van der Waals surface area contributed by atoms with Gasteiger partial charge < -0.3 is 25.7 Å². The van der Waals surface area contributed by atoms with E-state index >= 15 is 0 Å². The number of carboxylic acids is 2. The number of nitrogens with zero attached hydrogens (tertiary/aromatic N) is 7. The molecule has 308 valence electrons. The number of anilines is 4. The highest BCUT2D eigenvalue weighted by Crippen LogP contribution is 2.92. The third-order valence-corrected chi connectivity index (χ3v) is 16.3. The third-order valence-electron chi connectivity index (χ3n) is 15.3. The number of carboxylic acid groups (broad SMARTS) is 2. The number of hydrogen-bond acceptors (Lipinski definition) is 11. The Morgan fingerprint density at radius 2 is 1.78 bits per heavy atom. The summed E-state index contributed by atoms with van der Waals surface area (Å²) in [5, 5.41) is 41.3. The van der Waals surface area contributed by atoms with Gasteiger partial charge in [-0.05, 0) is 136 Å². The number of carbonyl (C=O) groups is 2. The lowest BCUT2D eigenvalue weighted by Crippen LogP contribution is -2.58. The summed E-state index contributed by atoms with van der Waals surface area (Å²) >= 11 is 1.58. The zero-order valence-corrected chi connectivity index (χ0v) is 35.2. The van der Waals surface area contributed by atoms with Crippen molar-refractivity contribution >= 4 is 56.1 Å². The van der Waals surface area contributed by atoms with Gasteiger partial charge in [0, 0.05) is 47.6 Å². The summed E-state index contributed by atoms with van der Waals surface area (Å²) < 4.78 is 3.25. The normalized spacial score (nSPS) is 28.8. The second-order valence-corrected chi connectivity index (χ2v) is 20.3. The molecule has 13 nitrogen and oxygen atoms in total. The number of fused-ring (bicyclic) bond motifs is 4. The van der Waals surface area contributed by atoms with Gasteiger partial charge in [0.2, 0.25) is 0 Å². The van der Waals surface area contributed by atoms with E-state index in [0.717, 1.165) is 70.1 Å². The zero-order valence-electron chi connectivity index (χ0n) is 34.4. The zero-order chi connectivity index (χ0) is 41.0. The molecule has 4 fully saturated rings. The predicted molar refractivity (Wildman–Crippen MR) is 228 cm³/mol. The molecule has 1 aromatic carbocycles. The summed E-state index contributed by atoms with van der Waals surface area (Å²) in [4.78, 5) is 35.4. The van der Waals surface area contributed by atoms with Crippen molar-refractivity contribution in [2.24, 2.45) is 27.1 Å². The van der Waals surface area contributed by atoms with Crippen LogP contribution in [0.1, 0.15) is 105 Å². The Labute approximate surface area is 348 Å². The minimum absolute atomic E-state index is 0.00464. The van der Waals surface area contributed by atoms with Gasteiger partial charge in [-0.2, -0.15) is 5.10 Å². The number of rotatable bonds is 14. The lowest BCUT2D eigenvalue weighted by molar-refractivity contribution is -0.173. The molecule has 5 aliphatic rings. The first-order chi connectivity index (χ1) is 28.2. The maximum Gasteiger partial charge on any atom is 0.355 e. The van der Waals surface area contributed by atoms with Crippen molar-refractivity contribution in [1.82, 2.24) is 35.3 Å². The van der Waals surface area contributed by atoms with E-state index < -0.39 is 11.9 Å². The minimum atomic E-state index is -1.08. The highest BCUT2D eigenvalue weighted by Gasteiger charge is 2.83. The lowest BCUT2D eigenvalue weighted by atomic mass is 9.38. The van der Waals surface area contributed by atoms with Crippen LogP contribution in [-0.4, -0.2) is 71.7 Å². The Balaban J connectivity index is 0.883. The first kappa shape index (κ1) is 38.3. The second kappa shape index (κ2) is 13.5. The number of hydrogen-bond donors (Lipinski definition) is 4. The van der Waals surface area contributed by atoms with Crippen LogP contribution in [0.25, 0.3) is 21.3 Å². The molecule has 1 spiro atoms. The summed E-state index contributed by atoms with van der Waals surface area (Å²) in [5.74, 6) is 0.0759. The smallest absolute Gasteiger partial charge is 0.355 e. The molecule has 59 heavy (non-hydrogen) atoms. The van der Waals surface area contributed by atoms with Gasteiger partial charge in [0.25, 0.3) is 0 Å². The predicted octanol–water partition coefficient (Wildman–Crippen LogP) is 8.70. The largest absolute Gasteiger partial charge is 0.481 e. The molecule has 5 unspecified atom stereocenters. The monoisotopic (exact) mass is 815 g/mol. The van der Waals surface area contributed by atoms with Crippen LogP contribution in [0.4, 0.5) is 22.6 Å². The van der Waals surface area contributed by atoms with Gasteiger partial charge in [-0.3, -0.25) is 9.48 Å². The first-order valence-corrected chi connectivity index (χ1v) is 22.0. The highest BCUT2D eigenvalue weighted by molar-refractivity contribution is 7.22. The number of thiazole rings is 1. The molecule has 5 aromatic rings. The van der Waals surface area contributed by atoms with Crippen LogP contribution in [0.3, 0.4) is 0 Å². The Hall–Kier alpha value is -4.95. The van der Waals surface area contributed by atoms with E-state index in [1.807, 2.05) is 48.4 Å². The molecule has 4 aliphatic carbocycles. The molecule has 1 aliphatic heterocycles.